The minimum Gasteiger partial charge on any atom is -0.489 e. The zero-order valence-electron chi connectivity index (χ0n) is 18.3. The van der Waals surface area contributed by atoms with Gasteiger partial charge in [-0.15, -0.1) is 0 Å². The average Bonchev–Trinajstić information content (AvgIpc) is 3.31. The fourth-order valence-corrected chi connectivity index (χ4v) is 3.89. The Morgan fingerprint density at radius 3 is 2.47 bits per heavy atom. The molecule has 34 heavy (non-hydrogen) atoms. The van der Waals surface area contributed by atoms with Crippen molar-refractivity contribution in [3.8, 4) is 5.75 Å². The van der Waals surface area contributed by atoms with E-state index in [9.17, 15) is 4.79 Å². The molecule has 1 heterocycles. The molecular formula is C28H22ClN3O2. The van der Waals surface area contributed by atoms with Crippen molar-refractivity contribution in [2.75, 3.05) is 5.32 Å². The summed E-state index contributed by atoms with van der Waals surface area (Å²) in [7, 11) is 0. The van der Waals surface area contributed by atoms with Gasteiger partial charge in [0.15, 0.2) is 5.82 Å². The van der Waals surface area contributed by atoms with Gasteiger partial charge in [0.25, 0.3) is 5.91 Å². The Morgan fingerprint density at radius 1 is 0.882 bits per heavy atom. The van der Waals surface area contributed by atoms with Gasteiger partial charge in [0, 0.05) is 22.8 Å². The largest absolute Gasteiger partial charge is 0.489 e. The molecule has 0 aliphatic carbocycles. The van der Waals surface area contributed by atoms with Crippen molar-refractivity contribution in [2.24, 2.45) is 0 Å². The van der Waals surface area contributed by atoms with Crippen molar-refractivity contribution in [1.29, 1.82) is 0 Å². The van der Waals surface area contributed by atoms with Gasteiger partial charge in [0.2, 0.25) is 0 Å². The summed E-state index contributed by atoms with van der Waals surface area (Å²) in [6.45, 7) is 1.03. The fraction of sp³-hybridized carbons (Fsp3) is 0.0714. The third-order valence-corrected chi connectivity index (χ3v) is 5.78. The number of carbonyl (C=O) groups excluding carboxylic acids is 1. The number of hydrogen-bond acceptors (Lipinski definition) is 3. The van der Waals surface area contributed by atoms with Crippen molar-refractivity contribution in [1.82, 2.24) is 9.78 Å². The van der Waals surface area contributed by atoms with Gasteiger partial charge in [-0.2, -0.15) is 5.10 Å². The smallest absolute Gasteiger partial charge is 0.256 e. The number of benzene rings is 4. The summed E-state index contributed by atoms with van der Waals surface area (Å²) in [5, 5.41) is 10.5. The Morgan fingerprint density at radius 2 is 1.65 bits per heavy atom. The van der Waals surface area contributed by atoms with Crippen LogP contribution in [0.15, 0.2) is 103 Å². The highest BCUT2D eigenvalue weighted by Crippen LogP contribution is 2.20. The van der Waals surface area contributed by atoms with E-state index in [2.05, 4.69) is 34.7 Å². The molecule has 1 amide bonds. The van der Waals surface area contributed by atoms with E-state index in [0.717, 1.165) is 11.3 Å². The van der Waals surface area contributed by atoms with E-state index in [1.165, 1.54) is 16.3 Å². The van der Waals surface area contributed by atoms with E-state index in [1.807, 2.05) is 53.3 Å². The van der Waals surface area contributed by atoms with Crippen LogP contribution in [-0.4, -0.2) is 15.7 Å². The van der Waals surface area contributed by atoms with Crippen LogP contribution < -0.4 is 10.1 Å². The zero-order chi connectivity index (χ0) is 23.3. The Hall–Kier alpha value is -4.09. The third-order valence-electron chi connectivity index (χ3n) is 5.53. The highest BCUT2D eigenvalue weighted by atomic mass is 35.5. The molecule has 168 valence electrons. The van der Waals surface area contributed by atoms with Gasteiger partial charge in [0.1, 0.15) is 12.4 Å². The number of halogens is 1. The number of nitrogens with one attached hydrogen (secondary N) is 1. The van der Waals surface area contributed by atoms with Crippen molar-refractivity contribution >= 4 is 34.1 Å². The first-order valence-corrected chi connectivity index (χ1v) is 11.3. The van der Waals surface area contributed by atoms with Crippen LogP contribution in [0.4, 0.5) is 5.82 Å². The molecule has 4 aromatic carbocycles. The molecule has 0 atom stereocenters. The van der Waals surface area contributed by atoms with Crippen molar-refractivity contribution in [2.45, 2.75) is 13.2 Å². The molecule has 6 heteroatoms. The molecule has 0 unspecified atom stereocenters. The standard InChI is InChI=1S/C28H22ClN3O2/c29-24-12-14-25(15-13-24)34-19-20-8-10-22(11-9-20)28(33)30-27-16-17-32(31-27)18-23-6-3-5-21-4-1-2-7-26(21)23/h1-17H,18-19H2,(H,30,31,33). The van der Waals surface area contributed by atoms with E-state index >= 15 is 0 Å². The van der Waals surface area contributed by atoms with Gasteiger partial charge in [-0.3, -0.25) is 9.48 Å². The van der Waals surface area contributed by atoms with E-state index in [-0.39, 0.29) is 5.91 Å². The first-order chi connectivity index (χ1) is 16.6. The van der Waals surface area contributed by atoms with E-state index < -0.39 is 0 Å². The first kappa shape index (κ1) is 21.7. The van der Waals surface area contributed by atoms with E-state index in [1.54, 1.807) is 30.3 Å². The van der Waals surface area contributed by atoms with Gasteiger partial charge in [-0.05, 0) is 58.3 Å². The summed E-state index contributed by atoms with van der Waals surface area (Å²) >= 11 is 5.89. The van der Waals surface area contributed by atoms with Crippen LogP contribution in [0.25, 0.3) is 10.8 Å². The van der Waals surface area contributed by atoms with Crippen molar-refractivity contribution in [3.05, 3.63) is 125 Å². The summed E-state index contributed by atoms with van der Waals surface area (Å²) in [5.74, 6) is 1.05. The molecule has 0 saturated carbocycles. The Labute approximate surface area is 202 Å². The van der Waals surface area contributed by atoms with Crippen LogP contribution in [0.5, 0.6) is 5.75 Å². The van der Waals surface area contributed by atoms with Gasteiger partial charge in [-0.1, -0.05) is 66.2 Å². The number of anilines is 1. The Balaban J connectivity index is 1.19. The summed E-state index contributed by atoms with van der Waals surface area (Å²) in [6, 6.07) is 30.9. The van der Waals surface area contributed by atoms with Gasteiger partial charge in [0.05, 0.1) is 6.54 Å². The molecule has 0 saturated heterocycles. The van der Waals surface area contributed by atoms with Crippen LogP contribution in [0.2, 0.25) is 5.02 Å². The summed E-state index contributed by atoms with van der Waals surface area (Å²) in [6.07, 6.45) is 1.87. The molecule has 0 radical (unpaired) electrons. The minimum absolute atomic E-state index is 0.208. The molecule has 0 bridgehead atoms. The number of nitrogens with zero attached hydrogens (tertiary/aromatic N) is 2. The second kappa shape index (κ2) is 9.81. The molecule has 5 rings (SSSR count). The molecule has 5 nitrogen and oxygen atoms in total. The van der Waals surface area contributed by atoms with Crippen LogP contribution in [0.3, 0.4) is 0 Å². The normalized spacial score (nSPS) is 10.9. The predicted octanol–water partition coefficient (Wildman–Crippen LogP) is 6.57. The van der Waals surface area contributed by atoms with Crippen LogP contribution in [0.1, 0.15) is 21.5 Å². The molecule has 0 spiro atoms. The number of hydrogen-bond donors (Lipinski definition) is 1. The third kappa shape index (κ3) is 5.11. The van der Waals surface area contributed by atoms with Gasteiger partial charge >= 0.3 is 0 Å². The Kier molecular flexibility index (Phi) is 6.27. The maximum absolute atomic E-state index is 12.7. The topological polar surface area (TPSA) is 56.2 Å². The number of carbonyl (C=O) groups is 1. The van der Waals surface area contributed by atoms with Crippen LogP contribution in [-0.2, 0) is 13.2 Å². The molecule has 1 aromatic heterocycles. The summed E-state index contributed by atoms with van der Waals surface area (Å²) < 4.78 is 7.58. The highest BCUT2D eigenvalue weighted by Gasteiger charge is 2.09. The molecule has 5 aromatic rings. The lowest BCUT2D eigenvalue weighted by Crippen LogP contribution is -2.13. The molecule has 1 N–H and O–H groups in total. The SMILES string of the molecule is O=C(Nc1ccn(Cc2cccc3ccccc23)n1)c1ccc(COc2ccc(Cl)cc2)cc1. The van der Waals surface area contributed by atoms with E-state index in [0.29, 0.717) is 29.6 Å². The lowest BCUT2D eigenvalue weighted by molar-refractivity contribution is 0.102. The van der Waals surface area contributed by atoms with Crippen molar-refractivity contribution < 1.29 is 9.53 Å². The lowest BCUT2D eigenvalue weighted by Gasteiger charge is -2.08. The molecule has 0 aliphatic heterocycles. The number of ether oxygens (including phenoxy) is 1. The average molecular weight is 468 g/mol. The maximum Gasteiger partial charge on any atom is 0.256 e. The van der Waals surface area contributed by atoms with Crippen molar-refractivity contribution in [3.63, 3.8) is 0 Å². The first-order valence-electron chi connectivity index (χ1n) is 10.9. The molecule has 0 fully saturated rings. The minimum atomic E-state index is -0.208. The second-order valence-corrected chi connectivity index (χ2v) is 8.37. The summed E-state index contributed by atoms with van der Waals surface area (Å²) in [4.78, 5) is 12.7. The van der Waals surface area contributed by atoms with E-state index in [4.69, 9.17) is 16.3 Å². The lowest BCUT2D eigenvalue weighted by atomic mass is 10.0. The maximum atomic E-state index is 12.7. The number of fused-ring (bicyclic) bond motifs is 1. The summed E-state index contributed by atoms with van der Waals surface area (Å²) in [5.41, 5.74) is 2.69. The molecular weight excluding hydrogens is 446 g/mol. The van der Waals surface area contributed by atoms with Crippen LogP contribution >= 0.6 is 11.6 Å². The zero-order valence-corrected chi connectivity index (χ0v) is 19.1. The highest BCUT2D eigenvalue weighted by molar-refractivity contribution is 6.30. The fourth-order valence-electron chi connectivity index (χ4n) is 3.76. The predicted molar refractivity (Wildman–Crippen MR) is 135 cm³/mol. The van der Waals surface area contributed by atoms with Gasteiger partial charge < -0.3 is 10.1 Å². The number of rotatable bonds is 7. The number of aromatic nitrogens is 2. The Bertz CT molecular complexity index is 1420. The van der Waals surface area contributed by atoms with Crippen LogP contribution in [0, 0.1) is 0 Å². The second-order valence-electron chi connectivity index (χ2n) is 7.93. The quantitative estimate of drug-likeness (QED) is 0.294. The molecule has 0 aliphatic rings. The monoisotopic (exact) mass is 467 g/mol. The number of amides is 1. The van der Waals surface area contributed by atoms with Gasteiger partial charge in [-0.25, -0.2) is 0 Å².